The molecule has 0 radical (unpaired) electrons. The number of para-hydroxylation sites is 1. The number of alkyl halides is 5. The molecule has 4 rings (SSSR count). The Hall–Kier alpha value is -4.27. The SMILES string of the molecule is N#Cc1ccccc1C(=O)N1CCC(F)(F)C(Oc2ccc3ccccc3n2)C1.O=C(O)C(F)(F)F. The number of carboxylic acid groups (broad SMARTS) is 1. The number of benzene rings is 2. The molecule has 1 saturated heterocycles. The Morgan fingerprint density at radius 1 is 1.08 bits per heavy atom. The molecule has 1 unspecified atom stereocenters. The quantitative estimate of drug-likeness (QED) is 0.517. The molecule has 1 N–H and O–H groups in total. The number of nitriles is 1. The fourth-order valence-electron chi connectivity index (χ4n) is 3.37. The molecule has 1 fully saturated rings. The monoisotopic (exact) mass is 507 g/mol. The lowest BCUT2D eigenvalue weighted by molar-refractivity contribution is -0.192. The highest BCUT2D eigenvalue weighted by Crippen LogP contribution is 2.32. The van der Waals surface area contributed by atoms with Crippen LogP contribution in [0.1, 0.15) is 22.3 Å². The number of hydrogen-bond donors (Lipinski definition) is 1. The number of aliphatic carboxylic acids is 1. The fraction of sp³-hybridized carbons (Fsp3) is 0.250. The molecule has 1 amide bonds. The van der Waals surface area contributed by atoms with Crippen molar-refractivity contribution in [3.8, 4) is 11.9 Å². The van der Waals surface area contributed by atoms with Gasteiger partial charge >= 0.3 is 12.1 Å². The second-order valence-electron chi connectivity index (χ2n) is 7.67. The van der Waals surface area contributed by atoms with Gasteiger partial charge in [0.1, 0.15) is 0 Å². The summed E-state index contributed by atoms with van der Waals surface area (Å²) < 4.78 is 66.3. The van der Waals surface area contributed by atoms with Crippen LogP contribution in [0.3, 0.4) is 0 Å². The average molecular weight is 507 g/mol. The molecule has 0 spiro atoms. The Labute approximate surface area is 201 Å². The number of rotatable bonds is 3. The van der Waals surface area contributed by atoms with E-state index in [9.17, 15) is 32.0 Å². The lowest BCUT2D eigenvalue weighted by Gasteiger charge is -2.38. The predicted octanol–water partition coefficient (Wildman–Crippen LogP) is 4.67. The maximum Gasteiger partial charge on any atom is 0.490 e. The Kier molecular flexibility index (Phi) is 7.72. The number of likely N-dealkylation sites (tertiary alicyclic amines) is 1. The maximum atomic E-state index is 14.5. The number of nitrogens with zero attached hydrogens (tertiary/aromatic N) is 3. The van der Waals surface area contributed by atoms with Crippen molar-refractivity contribution in [2.24, 2.45) is 0 Å². The van der Waals surface area contributed by atoms with Gasteiger partial charge in [-0.15, -0.1) is 0 Å². The number of piperidine rings is 1. The van der Waals surface area contributed by atoms with Crippen LogP contribution in [-0.4, -0.2) is 58.2 Å². The van der Waals surface area contributed by atoms with Crippen molar-refractivity contribution in [3.63, 3.8) is 0 Å². The van der Waals surface area contributed by atoms with Crippen molar-refractivity contribution < 1.29 is 41.4 Å². The number of halogens is 5. The van der Waals surface area contributed by atoms with Gasteiger partial charge in [0.25, 0.3) is 11.8 Å². The highest BCUT2D eigenvalue weighted by molar-refractivity contribution is 5.96. The van der Waals surface area contributed by atoms with Gasteiger partial charge in [-0.2, -0.15) is 18.4 Å². The molecule has 1 aromatic heterocycles. The molecule has 2 aromatic carbocycles. The summed E-state index contributed by atoms with van der Waals surface area (Å²) in [4.78, 5) is 27.3. The van der Waals surface area contributed by atoms with E-state index in [0.717, 1.165) is 5.39 Å². The van der Waals surface area contributed by atoms with Crippen molar-refractivity contribution in [2.45, 2.75) is 24.6 Å². The van der Waals surface area contributed by atoms with Crippen molar-refractivity contribution >= 4 is 22.8 Å². The zero-order valence-electron chi connectivity index (χ0n) is 18.4. The van der Waals surface area contributed by atoms with Gasteiger partial charge in [0.05, 0.1) is 29.3 Å². The minimum atomic E-state index is -5.08. The van der Waals surface area contributed by atoms with E-state index in [1.165, 1.54) is 17.0 Å². The first-order chi connectivity index (χ1) is 16.9. The number of amides is 1. The summed E-state index contributed by atoms with van der Waals surface area (Å²) in [5.74, 6) is -6.23. The van der Waals surface area contributed by atoms with Crippen LogP contribution in [0.25, 0.3) is 10.9 Å². The molecular formula is C24H18F5N3O4. The molecule has 1 aliphatic heterocycles. The Morgan fingerprint density at radius 2 is 1.72 bits per heavy atom. The van der Waals surface area contributed by atoms with Crippen LogP contribution >= 0.6 is 0 Å². The highest BCUT2D eigenvalue weighted by atomic mass is 19.4. The van der Waals surface area contributed by atoms with Gasteiger partial charge in [-0.3, -0.25) is 4.79 Å². The highest BCUT2D eigenvalue weighted by Gasteiger charge is 2.47. The Bertz CT molecular complexity index is 1310. The summed E-state index contributed by atoms with van der Waals surface area (Å²) in [6, 6.07) is 18.9. The van der Waals surface area contributed by atoms with Crippen LogP contribution in [0, 0.1) is 11.3 Å². The first-order valence-corrected chi connectivity index (χ1v) is 10.4. The second kappa shape index (κ2) is 10.6. The van der Waals surface area contributed by atoms with E-state index >= 15 is 0 Å². The topological polar surface area (TPSA) is 104 Å². The smallest absolute Gasteiger partial charge is 0.475 e. The van der Waals surface area contributed by atoms with Crippen molar-refractivity contribution in [1.82, 2.24) is 9.88 Å². The zero-order chi connectivity index (χ0) is 26.5. The molecule has 1 atom stereocenters. The van der Waals surface area contributed by atoms with Crippen LogP contribution in [0.2, 0.25) is 0 Å². The van der Waals surface area contributed by atoms with E-state index in [-0.39, 0.29) is 30.1 Å². The van der Waals surface area contributed by atoms with E-state index in [1.54, 1.807) is 36.4 Å². The van der Waals surface area contributed by atoms with Gasteiger partial charge in [-0.25, -0.2) is 18.6 Å². The molecule has 12 heteroatoms. The Morgan fingerprint density at radius 3 is 2.39 bits per heavy atom. The summed E-state index contributed by atoms with van der Waals surface area (Å²) in [6.07, 6.45) is -7.13. The predicted molar refractivity (Wildman–Crippen MR) is 116 cm³/mol. The van der Waals surface area contributed by atoms with Crippen LogP contribution in [0.15, 0.2) is 60.7 Å². The number of aromatic nitrogens is 1. The number of ether oxygens (including phenoxy) is 1. The van der Waals surface area contributed by atoms with E-state index in [1.807, 2.05) is 18.2 Å². The first kappa shape index (κ1) is 26.3. The average Bonchev–Trinajstić information content (AvgIpc) is 2.84. The number of fused-ring (bicyclic) bond motifs is 1. The largest absolute Gasteiger partial charge is 0.490 e. The molecule has 0 bridgehead atoms. The molecule has 2 heterocycles. The van der Waals surface area contributed by atoms with Gasteiger partial charge in [0.2, 0.25) is 5.88 Å². The first-order valence-electron chi connectivity index (χ1n) is 10.4. The van der Waals surface area contributed by atoms with Crippen LogP contribution < -0.4 is 4.74 Å². The summed E-state index contributed by atoms with van der Waals surface area (Å²) in [6.45, 7) is -0.406. The summed E-state index contributed by atoms with van der Waals surface area (Å²) in [7, 11) is 0. The van der Waals surface area contributed by atoms with Crippen LogP contribution in [0.5, 0.6) is 5.88 Å². The lowest BCUT2D eigenvalue weighted by Crippen LogP contribution is -2.55. The number of carboxylic acids is 1. The summed E-state index contributed by atoms with van der Waals surface area (Å²) in [5.41, 5.74) is 1.05. The van der Waals surface area contributed by atoms with E-state index in [0.29, 0.717) is 5.52 Å². The van der Waals surface area contributed by atoms with Gasteiger partial charge < -0.3 is 14.7 Å². The number of pyridine rings is 1. The summed E-state index contributed by atoms with van der Waals surface area (Å²) >= 11 is 0. The van der Waals surface area contributed by atoms with Gasteiger partial charge in [0, 0.05) is 24.4 Å². The van der Waals surface area contributed by atoms with Crippen molar-refractivity contribution in [2.75, 3.05) is 13.1 Å². The summed E-state index contributed by atoms with van der Waals surface area (Å²) in [5, 5.41) is 17.2. The number of carbonyl (C=O) groups excluding carboxylic acids is 1. The second-order valence-corrected chi connectivity index (χ2v) is 7.67. The zero-order valence-corrected chi connectivity index (χ0v) is 18.4. The van der Waals surface area contributed by atoms with Gasteiger partial charge in [0.15, 0.2) is 6.10 Å². The van der Waals surface area contributed by atoms with Crippen LogP contribution in [0.4, 0.5) is 22.0 Å². The standard InChI is InChI=1S/C22H17F2N3O2.C2HF3O2/c23-22(24)11-12-27(21(28)17-7-3-1-6-16(17)13-25)14-19(22)29-20-10-9-15-5-2-4-8-18(15)26-20;3-2(4,5)1(6)7/h1-10,19H,11-12,14H2;(H,6,7). The minimum absolute atomic E-state index is 0.0834. The third-order valence-electron chi connectivity index (χ3n) is 5.22. The third-order valence-corrected chi connectivity index (χ3v) is 5.22. The normalized spacial score (nSPS) is 16.9. The molecule has 0 aliphatic carbocycles. The number of carbonyl (C=O) groups is 2. The Balaban J connectivity index is 0.000000454. The maximum absolute atomic E-state index is 14.5. The molecule has 1 aliphatic rings. The van der Waals surface area contributed by atoms with Gasteiger partial charge in [-0.1, -0.05) is 30.3 Å². The van der Waals surface area contributed by atoms with E-state index in [4.69, 9.17) is 14.6 Å². The molecular weight excluding hydrogens is 489 g/mol. The third kappa shape index (κ3) is 6.24. The van der Waals surface area contributed by atoms with E-state index < -0.39 is 36.5 Å². The van der Waals surface area contributed by atoms with Gasteiger partial charge in [-0.05, 0) is 24.3 Å². The lowest BCUT2D eigenvalue weighted by atomic mass is 10.0. The van der Waals surface area contributed by atoms with E-state index in [2.05, 4.69) is 4.98 Å². The van der Waals surface area contributed by atoms with Crippen LogP contribution in [-0.2, 0) is 4.79 Å². The molecule has 36 heavy (non-hydrogen) atoms. The molecule has 7 nitrogen and oxygen atoms in total. The number of hydrogen-bond acceptors (Lipinski definition) is 5. The van der Waals surface area contributed by atoms with Crippen molar-refractivity contribution in [1.29, 1.82) is 5.26 Å². The van der Waals surface area contributed by atoms with Crippen molar-refractivity contribution in [3.05, 3.63) is 71.8 Å². The minimum Gasteiger partial charge on any atom is -0.475 e. The molecule has 3 aromatic rings. The molecule has 0 saturated carbocycles. The molecule has 188 valence electrons. The fourth-order valence-corrected chi connectivity index (χ4v) is 3.37.